The van der Waals surface area contributed by atoms with E-state index in [0.717, 1.165) is 13.1 Å². The van der Waals surface area contributed by atoms with Gasteiger partial charge in [0.05, 0.1) is 0 Å². The van der Waals surface area contributed by atoms with E-state index in [1.807, 2.05) is 36.2 Å². The van der Waals surface area contributed by atoms with E-state index in [-0.39, 0.29) is 36.8 Å². The minimum absolute atomic E-state index is 0. The third-order valence-corrected chi connectivity index (χ3v) is 3.45. The Morgan fingerprint density at radius 3 is 2.82 bits per heavy atom. The Balaban J connectivity index is 0.00000121. The van der Waals surface area contributed by atoms with Crippen LogP contribution in [0.15, 0.2) is 36.7 Å². The second-order valence-corrected chi connectivity index (χ2v) is 4.88. The Kier molecular flexibility index (Phi) is 6.80. The van der Waals surface area contributed by atoms with Gasteiger partial charge in [-0.2, -0.15) is 5.10 Å². The fraction of sp³-hybridized carbons (Fsp3) is 0.357. The van der Waals surface area contributed by atoms with Crippen LogP contribution in [0, 0.1) is 0 Å². The molecule has 0 aromatic carbocycles. The molecule has 8 heteroatoms. The lowest BCUT2D eigenvalue weighted by molar-refractivity contribution is 0.0649. The largest absolute Gasteiger partial charge is 0.332 e. The van der Waals surface area contributed by atoms with Crippen molar-refractivity contribution < 1.29 is 4.79 Å². The van der Waals surface area contributed by atoms with E-state index >= 15 is 0 Å². The smallest absolute Gasteiger partial charge is 0.272 e. The van der Waals surface area contributed by atoms with Crippen molar-refractivity contribution >= 4 is 30.7 Å². The molecule has 0 bridgehead atoms. The number of carbonyl (C=O) groups excluding carboxylic acids is 1. The molecule has 3 rings (SSSR count). The topological polar surface area (TPSA) is 63.1 Å². The molecule has 2 aromatic heterocycles. The molecule has 0 aliphatic carbocycles. The number of pyridine rings is 1. The predicted molar refractivity (Wildman–Crippen MR) is 89.2 cm³/mol. The Morgan fingerprint density at radius 2 is 2.14 bits per heavy atom. The second-order valence-electron chi connectivity index (χ2n) is 4.88. The lowest BCUT2D eigenvalue weighted by atomic mass is 10.2. The van der Waals surface area contributed by atoms with Crippen molar-refractivity contribution in [2.24, 2.45) is 0 Å². The minimum atomic E-state index is -0.0204. The molecule has 0 spiro atoms. The monoisotopic (exact) mass is 343 g/mol. The maximum Gasteiger partial charge on any atom is 0.272 e. The molecule has 1 saturated heterocycles. The number of nitrogens with zero attached hydrogens (tertiary/aromatic N) is 4. The maximum atomic E-state index is 12.5. The van der Waals surface area contributed by atoms with Crippen LogP contribution in [0.25, 0.3) is 5.82 Å². The average molecular weight is 344 g/mol. The summed E-state index contributed by atoms with van der Waals surface area (Å²) in [6.07, 6.45) is 3.50. The predicted octanol–water partition coefficient (Wildman–Crippen LogP) is 1.54. The number of nitrogens with one attached hydrogen (secondary N) is 1. The third-order valence-electron chi connectivity index (χ3n) is 3.45. The first-order valence-corrected chi connectivity index (χ1v) is 6.74. The molecular formula is C14H19Cl2N5O. The summed E-state index contributed by atoms with van der Waals surface area (Å²) >= 11 is 0. The summed E-state index contributed by atoms with van der Waals surface area (Å²) in [7, 11) is 0. The standard InChI is InChI=1S/C14H17N5O.2ClH/c1-11-10-15-7-9-18(11)14(20)12-4-2-5-13(17-12)19-8-3-6-16-19;;/h2-6,8,11,15H,7,9-10H2,1H3;2*1H/t11-;;/m1../s1. The molecule has 6 nitrogen and oxygen atoms in total. The van der Waals surface area contributed by atoms with Gasteiger partial charge < -0.3 is 10.2 Å². The number of carbonyl (C=O) groups is 1. The van der Waals surface area contributed by atoms with Gasteiger partial charge in [0.2, 0.25) is 0 Å². The minimum Gasteiger partial charge on any atom is -0.332 e. The van der Waals surface area contributed by atoms with Gasteiger partial charge in [0.25, 0.3) is 5.91 Å². The molecular weight excluding hydrogens is 325 g/mol. The van der Waals surface area contributed by atoms with E-state index in [9.17, 15) is 4.79 Å². The molecule has 2 aromatic rings. The third kappa shape index (κ3) is 3.76. The summed E-state index contributed by atoms with van der Waals surface area (Å²) in [5, 5.41) is 7.41. The number of piperazine rings is 1. The van der Waals surface area contributed by atoms with E-state index < -0.39 is 0 Å². The lowest BCUT2D eigenvalue weighted by Gasteiger charge is -2.33. The normalized spacial score (nSPS) is 17.3. The molecule has 1 atom stereocenters. The molecule has 22 heavy (non-hydrogen) atoms. The number of halogens is 2. The van der Waals surface area contributed by atoms with Gasteiger partial charge >= 0.3 is 0 Å². The highest BCUT2D eigenvalue weighted by Gasteiger charge is 2.25. The highest BCUT2D eigenvalue weighted by molar-refractivity contribution is 5.92. The van der Waals surface area contributed by atoms with E-state index in [1.54, 1.807) is 16.9 Å². The summed E-state index contributed by atoms with van der Waals surface area (Å²) in [5.74, 6) is 0.636. The summed E-state index contributed by atoms with van der Waals surface area (Å²) in [6.45, 7) is 4.41. The van der Waals surface area contributed by atoms with Crippen molar-refractivity contribution in [2.45, 2.75) is 13.0 Å². The van der Waals surface area contributed by atoms with Crippen LogP contribution in [0.3, 0.4) is 0 Å². The first-order valence-electron chi connectivity index (χ1n) is 6.74. The Labute approximate surface area is 141 Å². The molecule has 0 saturated carbocycles. The van der Waals surface area contributed by atoms with E-state index in [0.29, 0.717) is 18.1 Å². The van der Waals surface area contributed by atoms with Crippen LogP contribution in [0.4, 0.5) is 0 Å². The first kappa shape index (κ1) is 18.4. The number of rotatable bonds is 2. The highest BCUT2D eigenvalue weighted by atomic mass is 35.5. The van der Waals surface area contributed by atoms with Crippen LogP contribution in [0.2, 0.25) is 0 Å². The molecule has 3 heterocycles. The zero-order chi connectivity index (χ0) is 13.9. The Bertz CT molecular complexity index is 605. The Morgan fingerprint density at radius 1 is 1.32 bits per heavy atom. The number of hydrogen-bond donors (Lipinski definition) is 1. The molecule has 1 N–H and O–H groups in total. The van der Waals surface area contributed by atoms with E-state index in [4.69, 9.17) is 0 Å². The lowest BCUT2D eigenvalue weighted by Crippen LogP contribution is -2.52. The number of hydrogen-bond acceptors (Lipinski definition) is 4. The van der Waals surface area contributed by atoms with Crippen LogP contribution >= 0.6 is 24.8 Å². The molecule has 1 aliphatic heterocycles. The van der Waals surface area contributed by atoms with Gasteiger partial charge in [0.15, 0.2) is 5.82 Å². The SMILES string of the molecule is C[C@@H]1CNCCN1C(=O)c1cccc(-n2cccn2)n1.Cl.Cl. The highest BCUT2D eigenvalue weighted by Crippen LogP contribution is 2.11. The van der Waals surface area contributed by atoms with Crippen molar-refractivity contribution in [2.75, 3.05) is 19.6 Å². The summed E-state index contributed by atoms with van der Waals surface area (Å²) in [4.78, 5) is 18.8. The van der Waals surface area contributed by atoms with E-state index in [1.165, 1.54) is 0 Å². The molecule has 0 radical (unpaired) electrons. The number of amides is 1. The fourth-order valence-electron chi connectivity index (χ4n) is 2.36. The molecule has 120 valence electrons. The van der Waals surface area contributed by atoms with Crippen molar-refractivity contribution in [1.82, 2.24) is 25.0 Å². The quantitative estimate of drug-likeness (QED) is 0.898. The van der Waals surface area contributed by atoms with Crippen LogP contribution in [-0.2, 0) is 0 Å². The van der Waals surface area contributed by atoms with Gasteiger partial charge in [-0.05, 0) is 25.1 Å². The average Bonchev–Trinajstić information content (AvgIpc) is 3.01. The molecule has 1 aliphatic rings. The van der Waals surface area contributed by atoms with Gasteiger partial charge in [-0.3, -0.25) is 4.79 Å². The molecule has 1 amide bonds. The zero-order valence-electron chi connectivity index (χ0n) is 12.2. The van der Waals surface area contributed by atoms with Gasteiger partial charge in [-0.25, -0.2) is 9.67 Å². The summed E-state index contributed by atoms with van der Waals surface area (Å²) in [5.41, 5.74) is 0.465. The van der Waals surface area contributed by atoms with Crippen LogP contribution in [0.5, 0.6) is 0 Å². The van der Waals surface area contributed by atoms with E-state index in [2.05, 4.69) is 15.4 Å². The van der Waals surface area contributed by atoms with Crippen LogP contribution in [-0.4, -0.2) is 51.2 Å². The Hall–Kier alpha value is -1.63. The van der Waals surface area contributed by atoms with Crippen LogP contribution in [0.1, 0.15) is 17.4 Å². The molecule has 0 unspecified atom stereocenters. The van der Waals surface area contributed by atoms with Crippen molar-refractivity contribution in [3.63, 3.8) is 0 Å². The summed E-state index contributed by atoms with van der Waals surface area (Å²) in [6, 6.07) is 7.44. The van der Waals surface area contributed by atoms with Gasteiger partial charge in [0.1, 0.15) is 5.69 Å². The van der Waals surface area contributed by atoms with Gasteiger partial charge in [-0.1, -0.05) is 6.07 Å². The first-order chi connectivity index (χ1) is 9.75. The van der Waals surface area contributed by atoms with Crippen molar-refractivity contribution in [3.05, 3.63) is 42.4 Å². The molecule has 1 fully saturated rings. The van der Waals surface area contributed by atoms with Crippen molar-refractivity contribution in [3.8, 4) is 5.82 Å². The van der Waals surface area contributed by atoms with Crippen molar-refractivity contribution in [1.29, 1.82) is 0 Å². The number of aromatic nitrogens is 3. The maximum absolute atomic E-state index is 12.5. The van der Waals surface area contributed by atoms with Gasteiger partial charge in [-0.15, -0.1) is 24.8 Å². The fourth-order valence-corrected chi connectivity index (χ4v) is 2.36. The second kappa shape index (κ2) is 8.12. The van der Waals surface area contributed by atoms with Crippen LogP contribution < -0.4 is 5.32 Å². The van der Waals surface area contributed by atoms with Gasteiger partial charge in [0, 0.05) is 38.1 Å². The summed E-state index contributed by atoms with van der Waals surface area (Å²) < 4.78 is 1.65. The zero-order valence-corrected chi connectivity index (χ0v) is 13.8.